The van der Waals surface area contributed by atoms with Gasteiger partial charge in [0.1, 0.15) is 12.4 Å². The molecular weight excluding hydrogens is 419 g/mol. The third-order valence-corrected chi connectivity index (χ3v) is 4.76. The molecule has 3 rings (SSSR count). The second-order valence-electron chi connectivity index (χ2n) is 6.07. The van der Waals surface area contributed by atoms with Crippen LogP contribution in [0.5, 0.6) is 5.75 Å². The Labute approximate surface area is 162 Å². The fourth-order valence-corrected chi connectivity index (χ4v) is 3.26. The van der Waals surface area contributed by atoms with E-state index < -0.39 is 17.1 Å². The Balaban J connectivity index is 2.03. The van der Waals surface area contributed by atoms with Gasteiger partial charge in [-0.25, -0.2) is 14.2 Å². The number of imidazole rings is 1. The first-order valence-corrected chi connectivity index (χ1v) is 9.55. The van der Waals surface area contributed by atoms with Crippen LogP contribution in [0.2, 0.25) is 0 Å². The number of aromatic amines is 1. The minimum atomic E-state index is -0.499. The van der Waals surface area contributed by atoms with Gasteiger partial charge in [-0.2, -0.15) is 0 Å². The lowest BCUT2D eigenvalue weighted by molar-refractivity contribution is 0.276. The maximum atomic E-state index is 14.0. The number of hydrogen-bond acceptors (Lipinski definition) is 4. The van der Waals surface area contributed by atoms with Crippen LogP contribution in [0.15, 0.2) is 32.3 Å². The van der Waals surface area contributed by atoms with Crippen molar-refractivity contribution < 1.29 is 9.13 Å². The Hall–Kier alpha value is -2.42. The van der Waals surface area contributed by atoms with E-state index >= 15 is 0 Å². The van der Waals surface area contributed by atoms with Crippen LogP contribution in [-0.4, -0.2) is 19.1 Å². The van der Waals surface area contributed by atoms with Crippen molar-refractivity contribution in [3.8, 4) is 5.75 Å². The Morgan fingerprint density at radius 3 is 2.70 bits per heavy atom. The Kier molecular flexibility index (Phi) is 5.79. The van der Waals surface area contributed by atoms with Gasteiger partial charge >= 0.3 is 5.69 Å². The van der Waals surface area contributed by atoms with Gasteiger partial charge in [-0.15, -0.1) is 0 Å². The van der Waals surface area contributed by atoms with E-state index in [1.165, 1.54) is 16.7 Å². The molecule has 27 heavy (non-hydrogen) atoms. The number of aryl methyl sites for hydroxylation is 2. The highest BCUT2D eigenvalue weighted by Crippen LogP contribution is 2.23. The summed E-state index contributed by atoms with van der Waals surface area (Å²) in [6.45, 7) is 4.79. The average Bonchev–Trinajstić information content (AvgIpc) is 2.99. The van der Waals surface area contributed by atoms with Gasteiger partial charge in [-0.1, -0.05) is 29.3 Å². The molecule has 0 spiro atoms. The van der Waals surface area contributed by atoms with E-state index in [0.29, 0.717) is 34.6 Å². The molecule has 0 bridgehead atoms. The van der Waals surface area contributed by atoms with Crippen LogP contribution in [0.25, 0.3) is 11.2 Å². The van der Waals surface area contributed by atoms with Crippen molar-refractivity contribution in [2.24, 2.45) is 0 Å². The normalized spacial score (nSPS) is 11.3. The second-order valence-corrected chi connectivity index (χ2v) is 6.99. The molecular formula is C18H20BrFN4O3. The van der Waals surface area contributed by atoms with Crippen LogP contribution in [0.3, 0.4) is 0 Å². The summed E-state index contributed by atoms with van der Waals surface area (Å²) in [6.07, 6.45) is 1.69. The lowest BCUT2D eigenvalue weighted by Crippen LogP contribution is -2.31. The summed E-state index contributed by atoms with van der Waals surface area (Å²) in [4.78, 5) is 31.4. The van der Waals surface area contributed by atoms with Gasteiger partial charge in [-0.3, -0.25) is 14.3 Å². The fraction of sp³-hybridized carbons (Fsp3) is 0.389. The smallest absolute Gasteiger partial charge is 0.330 e. The van der Waals surface area contributed by atoms with E-state index in [2.05, 4.69) is 25.9 Å². The molecule has 3 aromatic rings. The maximum Gasteiger partial charge on any atom is 0.330 e. The van der Waals surface area contributed by atoms with E-state index in [1.54, 1.807) is 10.6 Å². The van der Waals surface area contributed by atoms with Crippen molar-refractivity contribution in [3.63, 3.8) is 0 Å². The summed E-state index contributed by atoms with van der Waals surface area (Å²) >= 11 is 3.20. The molecule has 0 aliphatic carbocycles. The van der Waals surface area contributed by atoms with Crippen molar-refractivity contribution in [2.75, 3.05) is 0 Å². The summed E-state index contributed by atoms with van der Waals surface area (Å²) < 4.78 is 23.3. The van der Waals surface area contributed by atoms with Gasteiger partial charge in [0.25, 0.3) is 5.56 Å². The van der Waals surface area contributed by atoms with E-state index in [4.69, 9.17) is 4.74 Å². The molecule has 0 saturated heterocycles. The number of H-pyrrole nitrogens is 1. The molecule has 2 aromatic heterocycles. The highest BCUT2D eigenvalue weighted by Gasteiger charge is 2.18. The number of benzene rings is 1. The fourth-order valence-electron chi connectivity index (χ4n) is 2.93. The van der Waals surface area contributed by atoms with Crippen LogP contribution in [0.1, 0.15) is 32.5 Å². The first-order valence-electron chi connectivity index (χ1n) is 8.76. The lowest BCUT2D eigenvalue weighted by atomic mass is 10.3. The minimum absolute atomic E-state index is 0.0253. The molecule has 0 saturated carbocycles. The summed E-state index contributed by atoms with van der Waals surface area (Å²) in [6, 6.07) is 4.50. The van der Waals surface area contributed by atoms with Crippen LogP contribution in [-0.2, 0) is 19.7 Å². The number of nitrogens with zero attached hydrogens (tertiary/aromatic N) is 3. The molecule has 0 unspecified atom stereocenters. The van der Waals surface area contributed by atoms with Gasteiger partial charge in [-0.05, 0) is 31.5 Å². The number of unbranched alkanes of at least 4 members (excludes halogenated alkanes) is 1. The third kappa shape index (κ3) is 3.83. The Morgan fingerprint density at radius 1 is 1.26 bits per heavy atom. The number of aromatic nitrogens is 4. The number of ether oxygens (including phenoxy) is 1. The number of nitrogens with one attached hydrogen (secondary N) is 1. The van der Waals surface area contributed by atoms with E-state index in [0.717, 1.165) is 12.8 Å². The molecule has 9 heteroatoms. The van der Waals surface area contributed by atoms with Crippen molar-refractivity contribution in [1.82, 2.24) is 19.1 Å². The molecule has 0 atom stereocenters. The molecule has 0 amide bonds. The topological polar surface area (TPSA) is 81.9 Å². The molecule has 0 aliphatic heterocycles. The zero-order chi connectivity index (χ0) is 19.6. The lowest BCUT2D eigenvalue weighted by Gasteiger charge is -2.09. The quantitative estimate of drug-likeness (QED) is 0.613. The number of fused-ring (bicyclic) bond motifs is 1. The molecule has 0 aliphatic rings. The predicted octanol–water partition coefficient (Wildman–Crippen LogP) is 3.19. The first-order chi connectivity index (χ1) is 13.0. The van der Waals surface area contributed by atoms with Crippen molar-refractivity contribution >= 4 is 27.1 Å². The largest absolute Gasteiger partial charge is 0.483 e. The SMILES string of the molecule is CCCCn1c(=O)[nH]c(=O)c2c1nc(COc1ccc(Br)cc1F)n2CC. The van der Waals surface area contributed by atoms with Crippen LogP contribution in [0.4, 0.5) is 4.39 Å². The van der Waals surface area contributed by atoms with Crippen LogP contribution >= 0.6 is 15.9 Å². The van der Waals surface area contributed by atoms with Crippen molar-refractivity contribution in [2.45, 2.75) is 46.4 Å². The second kappa shape index (κ2) is 8.08. The van der Waals surface area contributed by atoms with Gasteiger partial charge in [0.05, 0.1) is 0 Å². The maximum absolute atomic E-state index is 14.0. The molecule has 1 N–H and O–H groups in total. The molecule has 0 radical (unpaired) electrons. The van der Waals surface area contributed by atoms with Crippen LogP contribution < -0.4 is 16.0 Å². The van der Waals surface area contributed by atoms with E-state index in [9.17, 15) is 14.0 Å². The zero-order valence-corrected chi connectivity index (χ0v) is 16.7. The van der Waals surface area contributed by atoms with Gasteiger partial charge in [0, 0.05) is 17.6 Å². The summed E-state index contributed by atoms with van der Waals surface area (Å²) in [7, 11) is 0. The Bertz CT molecular complexity index is 1090. The third-order valence-electron chi connectivity index (χ3n) is 4.27. The van der Waals surface area contributed by atoms with Crippen LogP contribution in [0, 0.1) is 5.82 Å². The van der Waals surface area contributed by atoms with Gasteiger partial charge < -0.3 is 9.30 Å². The molecule has 7 nitrogen and oxygen atoms in total. The van der Waals surface area contributed by atoms with Gasteiger partial charge in [0.15, 0.2) is 22.7 Å². The van der Waals surface area contributed by atoms with Crippen molar-refractivity contribution in [1.29, 1.82) is 0 Å². The number of rotatable bonds is 7. The summed E-state index contributed by atoms with van der Waals surface area (Å²) in [5.41, 5.74) is -0.316. The highest BCUT2D eigenvalue weighted by atomic mass is 79.9. The zero-order valence-electron chi connectivity index (χ0n) is 15.1. The standard InChI is InChI=1S/C18H20BrFN4O3/c1-3-5-8-24-16-15(17(25)22-18(24)26)23(4-2)14(21-16)10-27-13-7-6-11(19)9-12(13)20/h6-7,9H,3-5,8,10H2,1-2H3,(H,22,25,26). The van der Waals surface area contributed by atoms with E-state index in [-0.39, 0.29) is 12.4 Å². The minimum Gasteiger partial charge on any atom is -0.483 e. The highest BCUT2D eigenvalue weighted by molar-refractivity contribution is 9.10. The number of halogens is 2. The molecule has 1 aromatic carbocycles. The Morgan fingerprint density at radius 2 is 2.04 bits per heavy atom. The van der Waals surface area contributed by atoms with Crippen molar-refractivity contribution in [3.05, 3.63) is 55.2 Å². The summed E-state index contributed by atoms with van der Waals surface area (Å²) in [5, 5.41) is 0. The van der Waals surface area contributed by atoms with E-state index in [1.807, 2.05) is 13.8 Å². The average molecular weight is 439 g/mol. The van der Waals surface area contributed by atoms with Gasteiger partial charge in [0.2, 0.25) is 0 Å². The summed E-state index contributed by atoms with van der Waals surface area (Å²) in [5.74, 6) is 0.0441. The molecule has 0 fully saturated rings. The first kappa shape index (κ1) is 19.3. The molecule has 144 valence electrons. The monoisotopic (exact) mass is 438 g/mol. The number of hydrogen-bond donors (Lipinski definition) is 1. The predicted molar refractivity (Wildman–Crippen MR) is 104 cm³/mol. The molecule has 2 heterocycles.